The summed E-state index contributed by atoms with van der Waals surface area (Å²) in [6.45, 7) is 4.62. The molecule has 5 rings (SSSR count). The highest BCUT2D eigenvalue weighted by Gasteiger charge is 2.27. The Hall–Kier alpha value is -2.87. The lowest BCUT2D eigenvalue weighted by Gasteiger charge is -2.32. The van der Waals surface area contributed by atoms with E-state index < -0.39 is 5.97 Å². The summed E-state index contributed by atoms with van der Waals surface area (Å²) in [6.07, 6.45) is 6.04. The van der Waals surface area contributed by atoms with E-state index in [-0.39, 0.29) is 24.2 Å². The summed E-state index contributed by atoms with van der Waals surface area (Å²) in [7, 11) is 0. The minimum atomic E-state index is -0.455. The number of carbonyl (C=O) groups is 2. The van der Waals surface area contributed by atoms with Gasteiger partial charge in [-0.25, -0.2) is 4.79 Å². The molecule has 0 saturated carbocycles. The van der Waals surface area contributed by atoms with E-state index in [0.717, 1.165) is 54.3 Å². The molecule has 1 unspecified atom stereocenters. The van der Waals surface area contributed by atoms with Crippen LogP contribution in [-0.4, -0.2) is 58.8 Å². The van der Waals surface area contributed by atoms with Gasteiger partial charge in [0.25, 0.3) is 0 Å². The van der Waals surface area contributed by atoms with Crippen LogP contribution in [0.3, 0.4) is 0 Å². The summed E-state index contributed by atoms with van der Waals surface area (Å²) in [4.78, 5) is 27.5. The van der Waals surface area contributed by atoms with Crippen molar-refractivity contribution in [2.75, 3.05) is 26.2 Å². The summed E-state index contributed by atoms with van der Waals surface area (Å²) < 4.78 is 7.04. The number of hydrogen-bond donors (Lipinski definition) is 1. The molecule has 1 saturated heterocycles. The van der Waals surface area contributed by atoms with Crippen molar-refractivity contribution in [1.29, 1.82) is 0 Å². The normalized spacial score (nSPS) is 18.1. The third kappa shape index (κ3) is 5.54. The van der Waals surface area contributed by atoms with Crippen LogP contribution in [-0.2, 0) is 16.1 Å². The van der Waals surface area contributed by atoms with Crippen molar-refractivity contribution in [2.45, 2.75) is 45.2 Å². The Kier molecular flexibility index (Phi) is 7.84. The van der Waals surface area contributed by atoms with Crippen LogP contribution in [0.5, 0.6) is 0 Å². The van der Waals surface area contributed by atoms with E-state index in [1.165, 1.54) is 5.57 Å². The molecule has 1 aromatic heterocycles. The SMILES string of the molecule is CCOC(=O)c1nn(Cc2ccc(Cl)cc2Cl)c2cc(C3=CCN(C(=O)C4CCCCN4)CC3)ccc12. The van der Waals surface area contributed by atoms with E-state index in [4.69, 9.17) is 27.9 Å². The number of piperidine rings is 1. The number of esters is 1. The Morgan fingerprint density at radius 3 is 2.73 bits per heavy atom. The maximum absolute atomic E-state index is 12.9. The number of benzene rings is 2. The van der Waals surface area contributed by atoms with E-state index in [9.17, 15) is 9.59 Å². The van der Waals surface area contributed by atoms with Crippen molar-refractivity contribution in [3.8, 4) is 0 Å². The Balaban J connectivity index is 1.44. The fourth-order valence-electron chi connectivity index (χ4n) is 5.07. The maximum atomic E-state index is 12.9. The summed E-state index contributed by atoms with van der Waals surface area (Å²) in [6, 6.07) is 11.3. The first-order chi connectivity index (χ1) is 17.9. The Labute approximate surface area is 226 Å². The second kappa shape index (κ2) is 11.3. The van der Waals surface area contributed by atoms with Gasteiger partial charge in [0.2, 0.25) is 5.91 Å². The standard InChI is InChI=1S/C28H30Cl2N4O3/c1-2-37-28(36)26-22-9-7-19(15-25(22)34(32-26)17-20-6-8-21(29)16-23(20)30)18-10-13-33(14-11-18)27(35)24-5-3-4-12-31-24/h6-10,15-16,24,31H,2-5,11-14,17H2,1H3. The van der Waals surface area contributed by atoms with E-state index in [1.807, 2.05) is 23.1 Å². The number of halogens is 2. The lowest BCUT2D eigenvalue weighted by atomic mass is 9.97. The number of fused-ring (bicyclic) bond motifs is 1. The number of nitrogens with zero attached hydrogens (tertiary/aromatic N) is 3. The minimum absolute atomic E-state index is 0.0598. The summed E-state index contributed by atoms with van der Waals surface area (Å²) in [5, 5.41) is 9.79. The van der Waals surface area contributed by atoms with Gasteiger partial charge in [-0.05, 0) is 73.7 Å². The predicted octanol–water partition coefficient (Wildman–Crippen LogP) is 5.33. The second-order valence-electron chi connectivity index (χ2n) is 9.46. The Morgan fingerprint density at radius 1 is 1.16 bits per heavy atom. The molecule has 0 radical (unpaired) electrons. The fourth-order valence-corrected chi connectivity index (χ4v) is 5.54. The van der Waals surface area contributed by atoms with E-state index in [0.29, 0.717) is 29.7 Å². The van der Waals surface area contributed by atoms with Gasteiger partial charge in [0.15, 0.2) is 5.69 Å². The highest BCUT2D eigenvalue weighted by atomic mass is 35.5. The molecule has 194 valence electrons. The molecule has 3 aromatic rings. The van der Waals surface area contributed by atoms with Crippen LogP contribution >= 0.6 is 23.2 Å². The highest BCUT2D eigenvalue weighted by molar-refractivity contribution is 6.35. The van der Waals surface area contributed by atoms with Crippen molar-refractivity contribution in [2.24, 2.45) is 0 Å². The van der Waals surface area contributed by atoms with Gasteiger partial charge < -0.3 is 15.0 Å². The molecule has 2 aliphatic heterocycles. The van der Waals surface area contributed by atoms with Crippen molar-refractivity contribution < 1.29 is 14.3 Å². The Bertz CT molecular complexity index is 1360. The zero-order valence-electron chi connectivity index (χ0n) is 20.8. The molecule has 1 atom stereocenters. The van der Waals surface area contributed by atoms with Gasteiger partial charge >= 0.3 is 5.97 Å². The minimum Gasteiger partial charge on any atom is -0.461 e. The summed E-state index contributed by atoms with van der Waals surface area (Å²) in [5.74, 6) is -0.258. The van der Waals surface area contributed by atoms with Crippen LogP contribution in [0.4, 0.5) is 0 Å². The number of carbonyl (C=O) groups excluding carboxylic acids is 2. The highest BCUT2D eigenvalue weighted by Crippen LogP contribution is 2.30. The van der Waals surface area contributed by atoms with Gasteiger partial charge in [-0.3, -0.25) is 9.48 Å². The first-order valence-electron chi connectivity index (χ1n) is 12.8. The fraction of sp³-hybridized carbons (Fsp3) is 0.393. The number of aromatic nitrogens is 2. The van der Waals surface area contributed by atoms with Crippen molar-refractivity contribution >= 4 is 51.6 Å². The van der Waals surface area contributed by atoms with Crippen LogP contribution in [0.25, 0.3) is 16.5 Å². The van der Waals surface area contributed by atoms with E-state index in [2.05, 4.69) is 22.6 Å². The molecule has 2 aromatic carbocycles. The Morgan fingerprint density at radius 2 is 2.03 bits per heavy atom. The third-order valence-corrected chi connectivity index (χ3v) is 7.64. The smallest absolute Gasteiger partial charge is 0.359 e. The number of amides is 1. The van der Waals surface area contributed by atoms with Crippen molar-refractivity contribution in [1.82, 2.24) is 20.0 Å². The monoisotopic (exact) mass is 540 g/mol. The molecule has 7 nitrogen and oxygen atoms in total. The zero-order chi connectivity index (χ0) is 25.9. The molecule has 0 bridgehead atoms. The first kappa shape index (κ1) is 25.8. The largest absolute Gasteiger partial charge is 0.461 e. The number of rotatable bonds is 6. The van der Waals surface area contributed by atoms with Crippen LogP contribution in [0, 0.1) is 0 Å². The third-order valence-electron chi connectivity index (χ3n) is 7.06. The molecule has 37 heavy (non-hydrogen) atoms. The molecule has 3 heterocycles. The summed E-state index contributed by atoms with van der Waals surface area (Å²) in [5.41, 5.74) is 4.17. The molecule has 2 aliphatic rings. The molecular weight excluding hydrogens is 511 g/mol. The van der Waals surface area contributed by atoms with Gasteiger partial charge in [-0.2, -0.15) is 5.10 Å². The van der Waals surface area contributed by atoms with Gasteiger partial charge in [0.05, 0.1) is 24.7 Å². The zero-order valence-corrected chi connectivity index (χ0v) is 22.3. The van der Waals surface area contributed by atoms with E-state index in [1.54, 1.807) is 23.7 Å². The topological polar surface area (TPSA) is 76.5 Å². The van der Waals surface area contributed by atoms with Gasteiger partial charge in [-0.15, -0.1) is 0 Å². The molecule has 1 fully saturated rings. The average Bonchev–Trinajstić information content (AvgIpc) is 3.28. The van der Waals surface area contributed by atoms with Crippen molar-refractivity contribution in [3.63, 3.8) is 0 Å². The summed E-state index contributed by atoms with van der Waals surface area (Å²) >= 11 is 12.5. The number of hydrogen-bond acceptors (Lipinski definition) is 5. The molecule has 1 N–H and O–H groups in total. The lowest BCUT2D eigenvalue weighted by molar-refractivity contribution is -0.133. The lowest BCUT2D eigenvalue weighted by Crippen LogP contribution is -2.49. The molecular formula is C28H30Cl2N4O3. The number of nitrogens with one attached hydrogen (secondary N) is 1. The number of ether oxygens (including phenoxy) is 1. The molecule has 0 spiro atoms. The first-order valence-corrected chi connectivity index (χ1v) is 13.5. The van der Waals surface area contributed by atoms with Crippen LogP contribution in [0.2, 0.25) is 10.0 Å². The molecule has 1 amide bonds. The van der Waals surface area contributed by atoms with Gasteiger partial charge in [0.1, 0.15) is 0 Å². The molecule has 0 aliphatic carbocycles. The quantitative estimate of drug-likeness (QED) is 0.428. The van der Waals surface area contributed by atoms with Crippen LogP contribution < -0.4 is 5.32 Å². The van der Waals surface area contributed by atoms with E-state index >= 15 is 0 Å². The van der Waals surface area contributed by atoms with Crippen LogP contribution in [0.1, 0.15) is 54.2 Å². The predicted molar refractivity (Wildman–Crippen MR) is 146 cm³/mol. The van der Waals surface area contributed by atoms with Gasteiger partial charge in [-0.1, -0.05) is 47.8 Å². The van der Waals surface area contributed by atoms with Gasteiger partial charge in [0, 0.05) is 28.5 Å². The molecule has 9 heteroatoms. The van der Waals surface area contributed by atoms with Crippen molar-refractivity contribution in [3.05, 3.63) is 69.3 Å². The average molecular weight is 541 g/mol. The van der Waals surface area contributed by atoms with Crippen LogP contribution in [0.15, 0.2) is 42.5 Å². The second-order valence-corrected chi connectivity index (χ2v) is 10.3. The maximum Gasteiger partial charge on any atom is 0.359 e.